The number of benzene rings is 1. The van der Waals surface area contributed by atoms with E-state index in [1.165, 1.54) is 18.3 Å². The maximum absolute atomic E-state index is 13.2. The van der Waals surface area contributed by atoms with Crippen LogP contribution in [0.5, 0.6) is 5.75 Å². The Morgan fingerprint density at radius 3 is 2.62 bits per heavy atom. The minimum atomic E-state index is -0.320. The van der Waals surface area contributed by atoms with Crippen LogP contribution in [0.15, 0.2) is 61.1 Å². The van der Waals surface area contributed by atoms with Gasteiger partial charge in [-0.2, -0.15) is 5.26 Å². The fraction of sp³-hybridized carbons (Fsp3) is 0.105. The van der Waals surface area contributed by atoms with Crippen molar-refractivity contribution in [3.8, 4) is 22.9 Å². The van der Waals surface area contributed by atoms with E-state index in [1.54, 1.807) is 30.6 Å². The molecular weight excluding hydrogens is 305 g/mol. The van der Waals surface area contributed by atoms with Gasteiger partial charge in [0.05, 0.1) is 6.20 Å². The number of aromatic nitrogens is 2. The van der Waals surface area contributed by atoms with Crippen molar-refractivity contribution in [1.29, 1.82) is 5.26 Å². The lowest BCUT2D eigenvalue weighted by Crippen LogP contribution is -2.05. The Morgan fingerprint density at radius 1 is 1.17 bits per heavy atom. The molecule has 3 aromatic rings. The van der Waals surface area contributed by atoms with Crippen molar-refractivity contribution < 1.29 is 9.13 Å². The average Bonchev–Trinajstić information content (AvgIpc) is 2.63. The first-order valence-corrected chi connectivity index (χ1v) is 7.40. The minimum Gasteiger partial charge on any atom is -0.484 e. The van der Waals surface area contributed by atoms with Crippen LogP contribution in [-0.4, -0.2) is 9.97 Å². The normalized spacial score (nSPS) is 11.5. The summed E-state index contributed by atoms with van der Waals surface area (Å²) >= 11 is 0. The third-order valence-electron chi connectivity index (χ3n) is 3.59. The van der Waals surface area contributed by atoms with Gasteiger partial charge in [-0.05, 0) is 36.8 Å². The van der Waals surface area contributed by atoms with Gasteiger partial charge in [0.25, 0.3) is 0 Å². The number of hydrogen-bond donors (Lipinski definition) is 0. The molecule has 2 aromatic heterocycles. The zero-order chi connectivity index (χ0) is 16.9. The molecule has 1 unspecified atom stereocenters. The van der Waals surface area contributed by atoms with Gasteiger partial charge in [-0.3, -0.25) is 4.98 Å². The molecule has 2 heterocycles. The minimum absolute atomic E-state index is 0.243. The molecule has 0 fully saturated rings. The van der Waals surface area contributed by atoms with Crippen molar-refractivity contribution in [1.82, 2.24) is 9.97 Å². The second kappa shape index (κ2) is 6.88. The molecule has 5 heteroatoms. The highest BCUT2D eigenvalue weighted by Gasteiger charge is 2.14. The van der Waals surface area contributed by atoms with Crippen LogP contribution < -0.4 is 4.74 Å². The Morgan fingerprint density at radius 2 is 1.96 bits per heavy atom. The first-order chi connectivity index (χ1) is 11.7. The van der Waals surface area contributed by atoms with E-state index in [2.05, 4.69) is 9.97 Å². The molecule has 3 rings (SSSR count). The molecule has 0 aliphatic heterocycles. The average molecular weight is 319 g/mol. The molecule has 0 aliphatic rings. The number of pyridine rings is 2. The third kappa shape index (κ3) is 3.39. The van der Waals surface area contributed by atoms with Crippen molar-refractivity contribution in [2.45, 2.75) is 13.0 Å². The van der Waals surface area contributed by atoms with Gasteiger partial charge in [0.2, 0.25) is 0 Å². The molecule has 24 heavy (non-hydrogen) atoms. The van der Waals surface area contributed by atoms with E-state index in [-0.39, 0.29) is 17.6 Å². The SMILES string of the molecule is CC(Oc1cnc(C#N)cc1-c1ccc(F)cc1)c1cccnc1. The second-order valence-electron chi connectivity index (χ2n) is 5.23. The first kappa shape index (κ1) is 15.6. The predicted octanol–water partition coefficient (Wildman–Crippen LogP) is 4.29. The third-order valence-corrected chi connectivity index (χ3v) is 3.59. The summed E-state index contributed by atoms with van der Waals surface area (Å²) in [6, 6.07) is 13.4. The molecule has 118 valence electrons. The molecule has 0 bridgehead atoms. The van der Waals surface area contributed by atoms with Crippen LogP contribution in [0.25, 0.3) is 11.1 Å². The molecule has 0 saturated carbocycles. The Hall–Kier alpha value is -3.26. The molecule has 0 radical (unpaired) electrons. The van der Waals surface area contributed by atoms with Gasteiger partial charge in [0.1, 0.15) is 29.4 Å². The largest absolute Gasteiger partial charge is 0.484 e. The summed E-state index contributed by atoms with van der Waals surface area (Å²) in [5.74, 6) is 0.205. The molecule has 0 amide bonds. The van der Waals surface area contributed by atoms with E-state index in [1.807, 2.05) is 25.1 Å². The lowest BCUT2D eigenvalue weighted by Gasteiger charge is -2.17. The lowest BCUT2D eigenvalue weighted by molar-refractivity contribution is 0.226. The fourth-order valence-electron chi connectivity index (χ4n) is 2.33. The van der Waals surface area contributed by atoms with E-state index in [0.29, 0.717) is 11.3 Å². The van der Waals surface area contributed by atoms with Gasteiger partial charge in [-0.1, -0.05) is 18.2 Å². The molecule has 0 spiro atoms. The zero-order valence-corrected chi connectivity index (χ0v) is 13.0. The van der Waals surface area contributed by atoms with E-state index in [9.17, 15) is 4.39 Å². The first-order valence-electron chi connectivity index (χ1n) is 7.40. The fourth-order valence-corrected chi connectivity index (χ4v) is 2.33. The molecule has 1 aromatic carbocycles. The summed E-state index contributed by atoms with van der Waals surface area (Å²) in [7, 11) is 0. The van der Waals surface area contributed by atoms with Crippen LogP contribution in [0.3, 0.4) is 0 Å². The summed E-state index contributed by atoms with van der Waals surface area (Å²) in [5.41, 5.74) is 2.64. The highest BCUT2D eigenvalue weighted by Crippen LogP contribution is 2.33. The summed E-state index contributed by atoms with van der Waals surface area (Å²) in [5, 5.41) is 9.08. The van der Waals surface area contributed by atoms with Crippen molar-refractivity contribution >= 4 is 0 Å². The van der Waals surface area contributed by atoms with Gasteiger partial charge in [0.15, 0.2) is 0 Å². The van der Waals surface area contributed by atoms with Crippen molar-refractivity contribution in [2.24, 2.45) is 0 Å². The molecule has 0 N–H and O–H groups in total. The topological polar surface area (TPSA) is 58.8 Å². The highest BCUT2D eigenvalue weighted by atomic mass is 19.1. The Labute approximate surface area is 139 Å². The van der Waals surface area contributed by atoms with Gasteiger partial charge in [-0.15, -0.1) is 0 Å². The van der Waals surface area contributed by atoms with Crippen LogP contribution in [0.1, 0.15) is 24.3 Å². The highest BCUT2D eigenvalue weighted by molar-refractivity contribution is 5.71. The molecule has 4 nitrogen and oxygen atoms in total. The smallest absolute Gasteiger partial charge is 0.146 e. The molecule has 0 saturated heterocycles. The standard InChI is InChI=1S/C19H14FN3O/c1-13(15-3-2-8-22-11-15)24-19-12-23-17(10-21)9-18(19)14-4-6-16(20)7-5-14/h2-9,11-13H,1H3. The maximum Gasteiger partial charge on any atom is 0.146 e. The lowest BCUT2D eigenvalue weighted by atomic mass is 10.0. The Balaban J connectivity index is 1.98. The van der Waals surface area contributed by atoms with E-state index < -0.39 is 0 Å². The monoisotopic (exact) mass is 319 g/mol. The Bertz CT molecular complexity index is 873. The van der Waals surface area contributed by atoms with Crippen LogP contribution in [0.4, 0.5) is 4.39 Å². The van der Waals surface area contributed by atoms with Crippen LogP contribution in [-0.2, 0) is 0 Å². The molecule has 0 aliphatic carbocycles. The number of ether oxygens (including phenoxy) is 1. The van der Waals surface area contributed by atoms with Crippen molar-refractivity contribution in [3.05, 3.63) is 78.1 Å². The second-order valence-corrected chi connectivity index (χ2v) is 5.23. The number of nitrogens with zero attached hydrogens (tertiary/aromatic N) is 3. The number of nitriles is 1. The van der Waals surface area contributed by atoms with Crippen LogP contribution in [0, 0.1) is 17.1 Å². The van der Waals surface area contributed by atoms with Crippen LogP contribution >= 0.6 is 0 Å². The zero-order valence-electron chi connectivity index (χ0n) is 13.0. The molecule has 1 atom stereocenters. The summed E-state index contributed by atoms with van der Waals surface area (Å²) in [4.78, 5) is 8.16. The van der Waals surface area contributed by atoms with E-state index >= 15 is 0 Å². The van der Waals surface area contributed by atoms with Gasteiger partial charge < -0.3 is 4.74 Å². The number of halogens is 1. The van der Waals surface area contributed by atoms with Crippen molar-refractivity contribution in [3.63, 3.8) is 0 Å². The molecular formula is C19H14FN3O. The van der Waals surface area contributed by atoms with E-state index in [4.69, 9.17) is 10.00 Å². The summed E-state index contributed by atoms with van der Waals surface area (Å²) in [6.45, 7) is 1.91. The summed E-state index contributed by atoms with van der Waals surface area (Å²) in [6.07, 6.45) is 4.71. The van der Waals surface area contributed by atoms with Gasteiger partial charge in [0, 0.05) is 23.5 Å². The number of rotatable bonds is 4. The maximum atomic E-state index is 13.2. The quantitative estimate of drug-likeness (QED) is 0.719. The van der Waals surface area contributed by atoms with Crippen molar-refractivity contribution in [2.75, 3.05) is 0 Å². The van der Waals surface area contributed by atoms with Crippen LogP contribution in [0.2, 0.25) is 0 Å². The van der Waals surface area contributed by atoms with E-state index in [0.717, 1.165) is 11.1 Å². The number of hydrogen-bond acceptors (Lipinski definition) is 4. The van der Waals surface area contributed by atoms with Gasteiger partial charge >= 0.3 is 0 Å². The van der Waals surface area contributed by atoms with Gasteiger partial charge in [-0.25, -0.2) is 9.37 Å². The Kier molecular flexibility index (Phi) is 4.48. The predicted molar refractivity (Wildman–Crippen MR) is 87.6 cm³/mol. The summed E-state index contributed by atoms with van der Waals surface area (Å²) < 4.78 is 19.2.